The van der Waals surface area contributed by atoms with Crippen LogP contribution in [0.4, 0.5) is 5.13 Å². The van der Waals surface area contributed by atoms with Crippen molar-refractivity contribution in [2.75, 3.05) is 5.32 Å². The first kappa shape index (κ1) is 21.3. The van der Waals surface area contributed by atoms with Crippen LogP contribution in [-0.2, 0) is 17.6 Å². The van der Waals surface area contributed by atoms with E-state index in [0.717, 1.165) is 23.2 Å². The summed E-state index contributed by atoms with van der Waals surface area (Å²) in [5.74, 6) is -0.909. The van der Waals surface area contributed by atoms with E-state index in [-0.39, 0.29) is 0 Å². The molecule has 1 heterocycles. The number of carboxylic acids is 1. The largest absolute Gasteiger partial charge is 0.480 e. The van der Waals surface area contributed by atoms with Gasteiger partial charge in [0.2, 0.25) is 0 Å². The molecule has 0 saturated carbocycles. The number of aryl methyl sites for hydroxylation is 1. The van der Waals surface area contributed by atoms with Crippen molar-refractivity contribution in [3.63, 3.8) is 0 Å². The smallest absolute Gasteiger partial charge is 0.326 e. The van der Waals surface area contributed by atoms with Crippen LogP contribution < -0.4 is 5.32 Å². The summed E-state index contributed by atoms with van der Waals surface area (Å²) in [6.45, 7) is 2.21. The predicted octanol–water partition coefficient (Wildman–Crippen LogP) is 6.30. The number of benzene rings is 2. The number of hydrogen-bond donors (Lipinski definition) is 2. The highest BCUT2D eigenvalue weighted by Crippen LogP contribution is 2.26. The molecule has 0 saturated heterocycles. The third kappa shape index (κ3) is 6.31. The second kappa shape index (κ2) is 10.4. The van der Waals surface area contributed by atoms with Gasteiger partial charge in [0.15, 0.2) is 5.13 Å². The fourth-order valence-corrected chi connectivity index (χ4v) is 4.00. The zero-order valence-corrected chi connectivity index (χ0v) is 18.0. The van der Waals surface area contributed by atoms with Gasteiger partial charge in [0.1, 0.15) is 6.04 Å². The number of rotatable bonds is 10. The number of hydrogen-bond acceptors (Lipinski definition) is 4. The summed E-state index contributed by atoms with van der Waals surface area (Å²) in [5.41, 5.74) is 4.14. The van der Waals surface area contributed by atoms with Gasteiger partial charge in [-0.3, -0.25) is 0 Å². The van der Waals surface area contributed by atoms with Gasteiger partial charge in [0.25, 0.3) is 0 Å². The van der Waals surface area contributed by atoms with Crippen LogP contribution in [0.5, 0.6) is 0 Å². The number of unbranched alkanes of at least 4 members (excludes halogenated alkanes) is 2. The van der Waals surface area contributed by atoms with Gasteiger partial charge in [-0.05, 0) is 36.1 Å². The van der Waals surface area contributed by atoms with Gasteiger partial charge >= 0.3 is 5.97 Å². The Kier molecular flexibility index (Phi) is 7.67. The van der Waals surface area contributed by atoms with Crippen LogP contribution in [0.15, 0.2) is 53.9 Å². The molecule has 152 valence electrons. The molecule has 0 fully saturated rings. The molecular weight excluding hydrogens is 404 g/mol. The van der Waals surface area contributed by atoms with Crippen LogP contribution in [-0.4, -0.2) is 22.1 Å². The van der Waals surface area contributed by atoms with E-state index in [1.54, 1.807) is 12.1 Å². The second-order valence-electron chi connectivity index (χ2n) is 7.06. The summed E-state index contributed by atoms with van der Waals surface area (Å²) in [5, 5.41) is 15.8. The minimum atomic E-state index is -0.909. The number of halogens is 1. The minimum Gasteiger partial charge on any atom is -0.480 e. The average Bonchev–Trinajstić information content (AvgIpc) is 3.18. The van der Waals surface area contributed by atoms with Crippen LogP contribution in [0.2, 0.25) is 5.02 Å². The average molecular weight is 429 g/mol. The molecule has 0 aliphatic carbocycles. The summed E-state index contributed by atoms with van der Waals surface area (Å²) < 4.78 is 0. The van der Waals surface area contributed by atoms with Crippen molar-refractivity contribution < 1.29 is 9.90 Å². The SMILES string of the molecule is CCCCCc1ccc(-c2csc(NC(Cc3ccc(Cl)cc3)C(=O)O)n2)cc1. The van der Waals surface area contributed by atoms with Crippen molar-refractivity contribution in [1.29, 1.82) is 0 Å². The summed E-state index contributed by atoms with van der Waals surface area (Å²) >= 11 is 7.32. The highest BCUT2D eigenvalue weighted by molar-refractivity contribution is 7.14. The van der Waals surface area contributed by atoms with Crippen LogP contribution in [0, 0.1) is 0 Å². The molecule has 1 aromatic heterocycles. The Morgan fingerprint density at radius 1 is 1.10 bits per heavy atom. The summed E-state index contributed by atoms with van der Waals surface area (Å²) in [7, 11) is 0. The predicted molar refractivity (Wildman–Crippen MR) is 121 cm³/mol. The van der Waals surface area contributed by atoms with E-state index < -0.39 is 12.0 Å². The Morgan fingerprint density at radius 3 is 2.45 bits per heavy atom. The highest BCUT2D eigenvalue weighted by atomic mass is 35.5. The zero-order valence-electron chi connectivity index (χ0n) is 16.4. The van der Waals surface area contributed by atoms with Crippen molar-refractivity contribution in [2.24, 2.45) is 0 Å². The van der Waals surface area contributed by atoms with Crippen molar-refractivity contribution in [3.05, 3.63) is 70.1 Å². The lowest BCUT2D eigenvalue weighted by Gasteiger charge is -2.13. The molecule has 6 heteroatoms. The Labute approximate surface area is 180 Å². The summed E-state index contributed by atoms with van der Waals surface area (Å²) in [4.78, 5) is 16.3. The van der Waals surface area contributed by atoms with Crippen LogP contribution in [0.3, 0.4) is 0 Å². The fraction of sp³-hybridized carbons (Fsp3) is 0.304. The van der Waals surface area contributed by atoms with Gasteiger partial charge in [-0.2, -0.15) is 0 Å². The van der Waals surface area contributed by atoms with E-state index in [1.165, 1.54) is 36.2 Å². The number of anilines is 1. The number of aliphatic carboxylic acids is 1. The molecule has 0 radical (unpaired) electrons. The lowest BCUT2D eigenvalue weighted by molar-refractivity contribution is -0.137. The molecule has 0 amide bonds. The number of thiazole rings is 1. The van der Waals surface area contributed by atoms with Gasteiger partial charge in [-0.1, -0.05) is 67.8 Å². The molecule has 29 heavy (non-hydrogen) atoms. The first-order chi connectivity index (χ1) is 14.0. The molecule has 1 atom stereocenters. The number of carbonyl (C=O) groups is 1. The molecule has 0 bridgehead atoms. The summed E-state index contributed by atoms with van der Waals surface area (Å²) in [6.07, 6.45) is 5.15. The van der Waals surface area contributed by atoms with Crippen molar-refractivity contribution in [3.8, 4) is 11.3 Å². The zero-order chi connectivity index (χ0) is 20.6. The molecule has 0 aliphatic heterocycles. The van der Waals surface area contributed by atoms with Crippen molar-refractivity contribution in [1.82, 2.24) is 4.98 Å². The Bertz CT molecular complexity index is 923. The number of carboxylic acid groups (broad SMARTS) is 1. The maximum atomic E-state index is 11.7. The van der Waals surface area contributed by atoms with Crippen LogP contribution in [0.1, 0.15) is 37.3 Å². The maximum Gasteiger partial charge on any atom is 0.326 e. The Balaban J connectivity index is 1.64. The van der Waals surface area contributed by atoms with E-state index in [1.807, 2.05) is 17.5 Å². The summed E-state index contributed by atoms with van der Waals surface area (Å²) in [6, 6.07) is 14.9. The molecule has 1 unspecified atom stereocenters. The second-order valence-corrected chi connectivity index (χ2v) is 8.35. The molecule has 3 rings (SSSR count). The molecule has 4 nitrogen and oxygen atoms in total. The topological polar surface area (TPSA) is 62.2 Å². The van der Waals surface area contributed by atoms with Crippen molar-refractivity contribution in [2.45, 2.75) is 45.1 Å². The van der Waals surface area contributed by atoms with Gasteiger partial charge in [-0.25, -0.2) is 9.78 Å². The van der Waals surface area contributed by atoms with E-state index in [4.69, 9.17) is 11.6 Å². The third-order valence-corrected chi connectivity index (χ3v) is 5.80. The lowest BCUT2D eigenvalue weighted by Crippen LogP contribution is -2.31. The van der Waals surface area contributed by atoms with Gasteiger partial charge < -0.3 is 10.4 Å². The first-order valence-corrected chi connectivity index (χ1v) is 11.1. The van der Waals surface area contributed by atoms with Gasteiger partial charge in [0, 0.05) is 22.4 Å². The Morgan fingerprint density at radius 2 is 1.79 bits per heavy atom. The van der Waals surface area contributed by atoms with Crippen LogP contribution in [0.25, 0.3) is 11.3 Å². The highest BCUT2D eigenvalue weighted by Gasteiger charge is 2.19. The normalized spacial score (nSPS) is 11.9. The van der Waals surface area contributed by atoms with E-state index in [0.29, 0.717) is 16.6 Å². The van der Waals surface area contributed by atoms with E-state index in [2.05, 4.69) is 41.5 Å². The number of aromatic nitrogens is 1. The number of nitrogens with one attached hydrogen (secondary N) is 1. The van der Waals surface area contributed by atoms with Gasteiger partial charge in [0.05, 0.1) is 5.69 Å². The minimum absolute atomic E-state index is 0.355. The van der Waals surface area contributed by atoms with Gasteiger partial charge in [-0.15, -0.1) is 11.3 Å². The number of nitrogens with zero attached hydrogens (tertiary/aromatic N) is 1. The van der Waals surface area contributed by atoms with Crippen LogP contribution >= 0.6 is 22.9 Å². The molecule has 2 N–H and O–H groups in total. The first-order valence-electron chi connectivity index (χ1n) is 9.83. The quantitative estimate of drug-likeness (QED) is 0.372. The molecule has 0 spiro atoms. The van der Waals surface area contributed by atoms with Crippen molar-refractivity contribution >= 4 is 34.0 Å². The van der Waals surface area contributed by atoms with E-state index >= 15 is 0 Å². The molecule has 3 aromatic rings. The Hall–Kier alpha value is -2.37. The fourth-order valence-electron chi connectivity index (χ4n) is 3.10. The third-order valence-electron chi connectivity index (χ3n) is 4.77. The molecule has 2 aromatic carbocycles. The standard InChI is InChI=1S/C23H25ClN2O2S/c1-2-3-4-5-16-6-10-18(11-7-16)21-15-29-23(26-21)25-20(22(27)28)14-17-8-12-19(24)13-9-17/h6-13,15,20H,2-5,14H2,1H3,(H,25,26)(H,27,28). The lowest BCUT2D eigenvalue weighted by atomic mass is 10.0. The molecular formula is C23H25ClN2O2S. The molecule has 0 aliphatic rings. The monoisotopic (exact) mass is 428 g/mol. The maximum absolute atomic E-state index is 11.7. The van der Waals surface area contributed by atoms with E-state index in [9.17, 15) is 9.90 Å².